The van der Waals surface area contributed by atoms with E-state index in [-0.39, 0.29) is 12.0 Å². The van der Waals surface area contributed by atoms with Crippen molar-refractivity contribution in [1.82, 2.24) is 4.98 Å². The van der Waals surface area contributed by atoms with Crippen molar-refractivity contribution in [3.63, 3.8) is 0 Å². The lowest BCUT2D eigenvalue weighted by atomic mass is 10.2. The van der Waals surface area contributed by atoms with Gasteiger partial charge in [0.15, 0.2) is 5.13 Å². The van der Waals surface area contributed by atoms with E-state index in [1.807, 2.05) is 55.6 Å². The van der Waals surface area contributed by atoms with Crippen molar-refractivity contribution in [3.8, 4) is 5.75 Å². The molecule has 0 N–H and O–H groups in total. The Morgan fingerprint density at radius 1 is 1.34 bits per heavy atom. The Kier molecular flexibility index (Phi) is 6.37. The summed E-state index contributed by atoms with van der Waals surface area (Å²) in [5.74, 6) is 0.778. The molecule has 0 bridgehead atoms. The Balaban J connectivity index is 1.69. The molecule has 1 aliphatic heterocycles. The fourth-order valence-electron chi connectivity index (χ4n) is 3.42. The molecule has 1 fully saturated rings. The molecule has 1 atom stereocenters. The zero-order chi connectivity index (χ0) is 20.2. The van der Waals surface area contributed by atoms with E-state index in [0.29, 0.717) is 23.8 Å². The molecule has 1 aliphatic rings. The summed E-state index contributed by atoms with van der Waals surface area (Å²) in [5, 5.41) is 0.698. The topological polar surface area (TPSA) is 51.7 Å². The number of thioether (sulfide) groups is 1. The van der Waals surface area contributed by atoms with Crippen LogP contribution in [-0.2, 0) is 4.74 Å². The van der Waals surface area contributed by atoms with Gasteiger partial charge in [0.1, 0.15) is 5.75 Å². The smallest absolute Gasteiger partial charge is 0.260 e. The Labute approximate surface area is 179 Å². The number of nitrogens with zero attached hydrogens (tertiary/aromatic N) is 2. The maximum absolute atomic E-state index is 13.5. The highest BCUT2D eigenvalue weighted by atomic mass is 32.2. The van der Waals surface area contributed by atoms with Gasteiger partial charge in [-0.25, -0.2) is 4.98 Å². The van der Waals surface area contributed by atoms with Gasteiger partial charge in [0, 0.05) is 17.1 Å². The number of hydrogen-bond acceptors (Lipinski definition) is 6. The standard InChI is InChI=1S/C22H24N2O3S2/c1-3-26-16-9-10-19-20(13-16)29-22(23-19)24(14-17-7-5-11-27-17)21(25)15-6-4-8-18(12-15)28-2/h4,6,8-10,12-13,17H,3,5,7,11,14H2,1-2H3. The average molecular weight is 429 g/mol. The van der Waals surface area contributed by atoms with Crippen molar-refractivity contribution in [3.05, 3.63) is 48.0 Å². The van der Waals surface area contributed by atoms with Crippen molar-refractivity contribution in [2.45, 2.75) is 30.8 Å². The van der Waals surface area contributed by atoms with Crippen LogP contribution in [0.4, 0.5) is 5.13 Å². The van der Waals surface area contributed by atoms with Crippen LogP contribution in [0.1, 0.15) is 30.1 Å². The number of fused-ring (bicyclic) bond motifs is 1. The van der Waals surface area contributed by atoms with Crippen LogP contribution < -0.4 is 9.64 Å². The molecule has 152 valence electrons. The molecule has 1 saturated heterocycles. The summed E-state index contributed by atoms with van der Waals surface area (Å²) < 4.78 is 12.4. The molecule has 2 aromatic carbocycles. The molecule has 7 heteroatoms. The van der Waals surface area contributed by atoms with E-state index in [9.17, 15) is 4.79 Å². The van der Waals surface area contributed by atoms with Crippen LogP contribution in [0.25, 0.3) is 10.2 Å². The molecule has 1 amide bonds. The summed E-state index contributed by atoms with van der Waals surface area (Å²) in [5.41, 5.74) is 1.54. The van der Waals surface area contributed by atoms with E-state index in [4.69, 9.17) is 14.5 Å². The van der Waals surface area contributed by atoms with E-state index in [2.05, 4.69) is 0 Å². The Morgan fingerprint density at radius 2 is 2.24 bits per heavy atom. The fraction of sp³-hybridized carbons (Fsp3) is 0.364. The largest absolute Gasteiger partial charge is 0.494 e. The molecule has 0 radical (unpaired) electrons. The van der Waals surface area contributed by atoms with Crippen LogP contribution in [0.5, 0.6) is 5.75 Å². The van der Waals surface area contributed by atoms with E-state index in [1.54, 1.807) is 16.7 Å². The fourth-order valence-corrected chi connectivity index (χ4v) is 4.88. The van der Waals surface area contributed by atoms with Crippen LogP contribution >= 0.6 is 23.1 Å². The summed E-state index contributed by atoms with van der Waals surface area (Å²) >= 11 is 3.14. The first-order chi connectivity index (χ1) is 14.2. The lowest BCUT2D eigenvalue weighted by Gasteiger charge is -2.23. The van der Waals surface area contributed by atoms with E-state index < -0.39 is 0 Å². The second-order valence-corrected chi connectivity index (χ2v) is 8.73. The van der Waals surface area contributed by atoms with Gasteiger partial charge < -0.3 is 9.47 Å². The first-order valence-corrected chi connectivity index (χ1v) is 11.8. The Hall–Kier alpha value is -2.09. The minimum Gasteiger partial charge on any atom is -0.494 e. The molecule has 0 spiro atoms. The number of anilines is 1. The quantitative estimate of drug-likeness (QED) is 0.482. The molecule has 5 nitrogen and oxygen atoms in total. The highest BCUT2D eigenvalue weighted by Crippen LogP contribution is 2.33. The van der Waals surface area contributed by atoms with Crippen LogP contribution in [0, 0.1) is 0 Å². The Bertz CT molecular complexity index is 999. The van der Waals surface area contributed by atoms with Crippen molar-refractivity contribution >= 4 is 44.4 Å². The molecule has 1 aromatic heterocycles. The number of amides is 1. The minimum atomic E-state index is -0.0412. The monoisotopic (exact) mass is 428 g/mol. The molecular weight excluding hydrogens is 404 g/mol. The van der Waals surface area contributed by atoms with Gasteiger partial charge in [-0.15, -0.1) is 11.8 Å². The van der Waals surface area contributed by atoms with Gasteiger partial charge in [-0.3, -0.25) is 9.69 Å². The SMILES string of the molecule is CCOc1ccc2nc(N(CC3CCCO3)C(=O)c3cccc(SC)c3)sc2c1. The zero-order valence-electron chi connectivity index (χ0n) is 16.6. The minimum absolute atomic E-state index is 0.0412. The van der Waals surface area contributed by atoms with Gasteiger partial charge in [-0.05, 0) is 62.4 Å². The van der Waals surface area contributed by atoms with Crippen molar-refractivity contribution in [1.29, 1.82) is 0 Å². The first-order valence-electron chi connectivity index (χ1n) is 9.79. The van der Waals surface area contributed by atoms with Gasteiger partial charge in [0.25, 0.3) is 5.91 Å². The third-order valence-corrected chi connectivity index (χ3v) is 6.63. The van der Waals surface area contributed by atoms with Crippen molar-refractivity contribution < 1.29 is 14.3 Å². The zero-order valence-corrected chi connectivity index (χ0v) is 18.2. The Morgan fingerprint density at radius 3 is 3.00 bits per heavy atom. The number of benzene rings is 2. The average Bonchev–Trinajstić information content (AvgIpc) is 3.41. The van der Waals surface area contributed by atoms with Crippen molar-refractivity contribution in [2.24, 2.45) is 0 Å². The molecule has 3 aromatic rings. The molecule has 0 saturated carbocycles. The predicted octanol–water partition coefficient (Wildman–Crippen LogP) is 5.24. The first kappa shape index (κ1) is 20.2. The molecule has 0 aliphatic carbocycles. The number of carbonyl (C=O) groups is 1. The molecule has 2 heterocycles. The summed E-state index contributed by atoms with van der Waals surface area (Å²) in [6.45, 7) is 3.85. The predicted molar refractivity (Wildman–Crippen MR) is 120 cm³/mol. The molecule has 1 unspecified atom stereocenters. The van der Waals surface area contributed by atoms with Crippen molar-refractivity contribution in [2.75, 3.05) is 30.9 Å². The van der Waals surface area contributed by atoms with Crippen LogP contribution in [0.2, 0.25) is 0 Å². The number of thiazole rings is 1. The van der Waals surface area contributed by atoms with E-state index >= 15 is 0 Å². The number of hydrogen-bond donors (Lipinski definition) is 0. The summed E-state index contributed by atoms with van der Waals surface area (Å²) in [6.07, 6.45) is 4.06. The van der Waals surface area contributed by atoms with Gasteiger partial charge >= 0.3 is 0 Å². The number of rotatable bonds is 7. The number of ether oxygens (including phenoxy) is 2. The van der Waals surface area contributed by atoms with Crippen LogP contribution in [0.3, 0.4) is 0 Å². The number of aromatic nitrogens is 1. The second kappa shape index (κ2) is 9.15. The van der Waals surface area contributed by atoms with E-state index in [0.717, 1.165) is 40.3 Å². The second-order valence-electron chi connectivity index (χ2n) is 6.84. The summed E-state index contributed by atoms with van der Waals surface area (Å²) in [6, 6.07) is 13.6. The van der Waals surface area contributed by atoms with Gasteiger partial charge in [0.05, 0.1) is 29.5 Å². The van der Waals surface area contributed by atoms with E-state index in [1.165, 1.54) is 11.3 Å². The number of carbonyl (C=O) groups excluding carboxylic acids is 1. The van der Waals surface area contributed by atoms with Crippen LogP contribution in [0.15, 0.2) is 47.4 Å². The normalized spacial score (nSPS) is 16.3. The molecule has 29 heavy (non-hydrogen) atoms. The lowest BCUT2D eigenvalue weighted by Crippen LogP contribution is -2.37. The van der Waals surface area contributed by atoms with Gasteiger partial charge in [-0.2, -0.15) is 0 Å². The lowest BCUT2D eigenvalue weighted by molar-refractivity contribution is 0.0917. The highest BCUT2D eigenvalue weighted by molar-refractivity contribution is 7.98. The molecular formula is C22H24N2O3S2. The maximum atomic E-state index is 13.5. The maximum Gasteiger partial charge on any atom is 0.260 e. The van der Waals surface area contributed by atoms with Gasteiger partial charge in [-0.1, -0.05) is 17.4 Å². The summed E-state index contributed by atoms with van der Waals surface area (Å²) in [4.78, 5) is 21.0. The third-order valence-electron chi connectivity index (χ3n) is 4.86. The third kappa shape index (κ3) is 4.57. The molecule has 4 rings (SSSR count). The highest BCUT2D eigenvalue weighted by Gasteiger charge is 2.27. The van der Waals surface area contributed by atoms with Crippen LogP contribution in [-0.4, -0.2) is 43.0 Å². The van der Waals surface area contributed by atoms with Gasteiger partial charge in [0.2, 0.25) is 0 Å². The summed E-state index contributed by atoms with van der Waals surface area (Å²) in [7, 11) is 0.